The number of esters is 1. The lowest BCUT2D eigenvalue weighted by Gasteiger charge is -2.46. The van der Waals surface area contributed by atoms with E-state index in [0.717, 1.165) is 18.6 Å². The van der Waals surface area contributed by atoms with Crippen molar-refractivity contribution in [1.82, 2.24) is 5.32 Å². The molecule has 1 aliphatic carbocycles. The molecular weight excluding hydrogens is 326 g/mol. The van der Waals surface area contributed by atoms with Gasteiger partial charge in [0.1, 0.15) is 5.75 Å². The molecule has 1 saturated heterocycles. The molecule has 5 heteroatoms. The fourth-order valence-electron chi connectivity index (χ4n) is 3.85. The Labute approximate surface area is 150 Å². The molecule has 24 heavy (non-hydrogen) atoms. The summed E-state index contributed by atoms with van der Waals surface area (Å²) in [6, 6.07) is 8.71. The Bertz CT molecular complexity index is 599. The van der Waals surface area contributed by atoms with Gasteiger partial charge in [0, 0.05) is 12.1 Å². The largest absolute Gasteiger partial charge is 0.497 e. The monoisotopic (exact) mass is 351 g/mol. The summed E-state index contributed by atoms with van der Waals surface area (Å²) >= 11 is 0. The second-order valence-corrected chi connectivity index (χ2v) is 6.46. The van der Waals surface area contributed by atoms with Crippen molar-refractivity contribution < 1.29 is 14.3 Å². The van der Waals surface area contributed by atoms with Crippen LogP contribution in [0.2, 0.25) is 0 Å². The molecule has 2 heterocycles. The van der Waals surface area contributed by atoms with Gasteiger partial charge < -0.3 is 14.8 Å². The third-order valence-corrected chi connectivity index (χ3v) is 5.06. The number of piperidine rings is 1. The average molecular weight is 352 g/mol. The number of carbonyl (C=O) groups is 1. The first kappa shape index (κ1) is 18.8. The topological polar surface area (TPSA) is 47.6 Å². The van der Waals surface area contributed by atoms with Gasteiger partial charge in [0.2, 0.25) is 0 Å². The summed E-state index contributed by atoms with van der Waals surface area (Å²) in [5, 5.41) is 3.64. The van der Waals surface area contributed by atoms with E-state index in [1.54, 1.807) is 7.11 Å². The van der Waals surface area contributed by atoms with Crippen LogP contribution in [0.15, 0.2) is 35.9 Å². The van der Waals surface area contributed by atoms with Gasteiger partial charge in [-0.2, -0.15) is 0 Å². The number of rotatable bonds is 5. The van der Waals surface area contributed by atoms with Crippen LogP contribution in [0.3, 0.4) is 0 Å². The number of fused-ring (bicyclic) bond motifs is 2. The molecule has 0 aromatic heterocycles. The molecule has 4 atom stereocenters. The minimum absolute atomic E-state index is 0. The summed E-state index contributed by atoms with van der Waals surface area (Å²) in [7, 11) is 1.68. The average Bonchev–Trinajstić information content (AvgIpc) is 2.56. The summed E-state index contributed by atoms with van der Waals surface area (Å²) in [4.78, 5) is 12.1. The summed E-state index contributed by atoms with van der Waals surface area (Å²) in [6.45, 7) is 4.49. The summed E-state index contributed by atoms with van der Waals surface area (Å²) < 4.78 is 10.4. The molecule has 1 aromatic rings. The van der Waals surface area contributed by atoms with Crippen LogP contribution in [0.25, 0.3) is 0 Å². The normalized spacial score (nSPS) is 27.9. The standard InChI is InChI=1S/C19H25NO3.ClH/c1-4-23-19(21)16-11-15-12(2)9-17(16)20-18(15)10-13-5-7-14(22-3)8-6-13;/h5-9,15-18,20H,4,10-11H2,1-3H3;1H. The van der Waals surface area contributed by atoms with E-state index in [0.29, 0.717) is 18.6 Å². The quantitative estimate of drug-likeness (QED) is 0.654. The van der Waals surface area contributed by atoms with Crippen LogP contribution in [-0.2, 0) is 16.0 Å². The smallest absolute Gasteiger partial charge is 0.310 e. The Kier molecular flexibility index (Phi) is 6.30. The number of methoxy groups -OCH3 is 1. The van der Waals surface area contributed by atoms with Crippen molar-refractivity contribution in [3.63, 3.8) is 0 Å². The summed E-state index contributed by atoms with van der Waals surface area (Å²) in [6.07, 6.45) is 4.06. The predicted octanol–water partition coefficient (Wildman–Crippen LogP) is 3.15. The third kappa shape index (κ3) is 3.76. The van der Waals surface area contributed by atoms with E-state index >= 15 is 0 Å². The third-order valence-electron chi connectivity index (χ3n) is 5.06. The van der Waals surface area contributed by atoms with Crippen molar-refractivity contribution in [2.45, 2.75) is 38.8 Å². The van der Waals surface area contributed by atoms with E-state index < -0.39 is 0 Å². The van der Waals surface area contributed by atoms with Crippen molar-refractivity contribution in [2.75, 3.05) is 13.7 Å². The van der Waals surface area contributed by atoms with Crippen molar-refractivity contribution in [3.8, 4) is 5.75 Å². The van der Waals surface area contributed by atoms with Gasteiger partial charge in [0.05, 0.1) is 19.6 Å². The first-order valence-electron chi connectivity index (χ1n) is 8.36. The van der Waals surface area contributed by atoms with Crippen molar-refractivity contribution >= 4 is 18.4 Å². The Balaban J connectivity index is 0.00000208. The molecule has 132 valence electrons. The number of hydrogen-bond donors (Lipinski definition) is 1. The lowest BCUT2D eigenvalue weighted by Crippen LogP contribution is -2.58. The predicted molar refractivity (Wildman–Crippen MR) is 96.6 cm³/mol. The SMILES string of the molecule is CCOC(=O)C1CC2C(C)=CC1NC2Cc1ccc(OC)cc1.Cl. The maximum absolute atomic E-state index is 12.1. The molecular formula is C19H26ClNO3. The van der Waals surface area contributed by atoms with Crippen LogP contribution in [0.4, 0.5) is 0 Å². The molecule has 2 aliphatic heterocycles. The van der Waals surface area contributed by atoms with Gasteiger partial charge in [-0.15, -0.1) is 12.4 Å². The lowest BCUT2D eigenvalue weighted by molar-refractivity contribution is -0.150. The van der Waals surface area contributed by atoms with Crippen LogP contribution in [-0.4, -0.2) is 31.8 Å². The Morgan fingerprint density at radius 1 is 1.29 bits per heavy atom. The molecule has 0 amide bonds. The van der Waals surface area contributed by atoms with Gasteiger partial charge >= 0.3 is 5.97 Å². The zero-order valence-electron chi connectivity index (χ0n) is 14.5. The first-order valence-corrected chi connectivity index (χ1v) is 8.36. The van der Waals surface area contributed by atoms with Gasteiger partial charge in [-0.05, 0) is 50.3 Å². The van der Waals surface area contributed by atoms with Gasteiger partial charge in [-0.3, -0.25) is 4.79 Å². The highest BCUT2D eigenvalue weighted by atomic mass is 35.5. The number of halogens is 1. The fourth-order valence-corrected chi connectivity index (χ4v) is 3.85. The molecule has 1 aromatic carbocycles. The summed E-state index contributed by atoms with van der Waals surface area (Å²) in [5.41, 5.74) is 2.68. The van der Waals surface area contributed by atoms with Crippen molar-refractivity contribution in [3.05, 3.63) is 41.5 Å². The minimum atomic E-state index is -0.0679. The Morgan fingerprint density at radius 2 is 2.00 bits per heavy atom. The summed E-state index contributed by atoms with van der Waals surface area (Å²) in [5.74, 6) is 1.17. The fraction of sp³-hybridized carbons (Fsp3) is 0.526. The van der Waals surface area contributed by atoms with E-state index in [1.165, 1.54) is 11.1 Å². The molecule has 0 radical (unpaired) electrons. The molecule has 4 rings (SSSR count). The molecule has 4 nitrogen and oxygen atoms in total. The van der Waals surface area contributed by atoms with Gasteiger partial charge in [0.15, 0.2) is 0 Å². The van der Waals surface area contributed by atoms with Crippen LogP contribution < -0.4 is 10.1 Å². The van der Waals surface area contributed by atoms with Crippen LogP contribution in [0.5, 0.6) is 5.75 Å². The molecule has 3 aliphatic rings. The number of benzene rings is 1. The van der Waals surface area contributed by atoms with E-state index in [2.05, 4.69) is 30.4 Å². The Hall–Kier alpha value is -1.52. The van der Waals surface area contributed by atoms with Crippen molar-refractivity contribution in [1.29, 1.82) is 0 Å². The maximum Gasteiger partial charge on any atom is 0.310 e. The molecule has 1 fully saturated rings. The van der Waals surface area contributed by atoms with Crippen LogP contribution in [0, 0.1) is 11.8 Å². The zero-order valence-corrected chi connectivity index (χ0v) is 15.3. The molecule has 4 unspecified atom stereocenters. The van der Waals surface area contributed by atoms with E-state index in [9.17, 15) is 4.79 Å². The minimum Gasteiger partial charge on any atom is -0.497 e. The molecule has 1 N–H and O–H groups in total. The highest BCUT2D eigenvalue weighted by Crippen LogP contribution is 2.38. The zero-order chi connectivity index (χ0) is 16.4. The van der Waals surface area contributed by atoms with E-state index in [-0.39, 0.29) is 30.3 Å². The first-order chi connectivity index (χ1) is 11.1. The van der Waals surface area contributed by atoms with Crippen molar-refractivity contribution in [2.24, 2.45) is 11.8 Å². The van der Waals surface area contributed by atoms with Gasteiger partial charge in [-0.25, -0.2) is 0 Å². The molecule has 0 saturated carbocycles. The number of nitrogens with one attached hydrogen (secondary N) is 1. The number of ether oxygens (including phenoxy) is 2. The van der Waals surface area contributed by atoms with Gasteiger partial charge in [0.25, 0.3) is 0 Å². The lowest BCUT2D eigenvalue weighted by atomic mass is 9.69. The maximum atomic E-state index is 12.1. The Morgan fingerprint density at radius 3 is 2.58 bits per heavy atom. The molecule has 0 spiro atoms. The number of hydrogen-bond acceptors (Lipinski definition) is 4. The molecule has 2 bridgehead atoms. The highest BCUT2D eigenvalue weighted by molar-refractivity contribution is 5.85. The van der Waals surface area contributed by atoms with E-state index in [4.69, 9.17) is 9.47 Å². The van der Waals surface area contributed by atoms with Gasteiger partial charge in [-0.1, -0.05) is 23.8 Å². The van der Waals surface area contributed by atoms with E-state index in [1.807, 2.05) is 19.1 Å². The number of carbonyl (C=O) groups excluding carboxylic acids is 1. The van der Waals surface area contributed by atoms with Crippen LogP contribution in [0.1, 0.15) is 25.8 Å². The second-order valence-electron chi connectivity index (χ2n) is 6.46. The van der Waals surface area contributed by atoms with Crippen LogP contribution >= 0.6 is 12.4 Å². The second kappa shape index (κ2) is 8.04. The highest BCUT2D eigenvalue weighted by Gasteiger charge is 2.44.